The largest absolute Gasteiger partial charge is 0.436 e. The molecule has 4 aromatic heterocycles. The Morgan fingerprint density at radius 1 is 0.677 bits per heavy atom. The third-order valence-electron chi connectivity index (χ3n) is 5.82. The highest BCUT2D eigenvalue weighted by Crippen LogP contribution is 2.34. The van der Waals surface area contributed by atoms with Crippen molar-refractivity contribution in [1.29, 1.82) is 0 Å². The number of fused-ring (bicyclic) bond motifs is 7. The zero-order valence-corrected chi connectivity index (χ0v) is 16.4. The van der Waals surface area contributed by atoms with Gasteiger partial charge >= 0.3 is 0 Å². The number of rotatable bonds is 2. The maximum absolute atomic E-state index is 6.05. The summed E-state index contributed by atoms with van der Waals surface area (Å²) in [4.78, 5) is 9.66. The van der Waals surface area contributed by atoms with E-state index in [4.69, 9.17) is 14.4 Å². The van der Waals surface area contributed by atoms with E-state index in [9.17, 15) is 0 Å². The van der Waals surface area contributed by atoms with Gasteiger partial charge in [-0.1, -0.05) is 54.6 Å². The Balaban J connectivity index is 1.53. The normalized spacial score (nSPS) is 11.9. The van der Waals surface area contributed by atoms with Crippen LogP contribution in [0.5, 0.6) is 0 Å². The number of pyridine rings is 1. The zero-order chi connectivity index (χ0) is 20.4. The summed E-state index contributed by atoms with van der Waals surface area (Å²) in [5.74, 6) is 1.61. The summed E-state index contributed by atoms with van der Waals surface area (Å²) in [5, 5.41) is 1.06. The zero-order valence-electron chi connectivity index (χ0n) is 16.4. The fraction of sp³-hybridized carbons (Fsp3) is 0. The molecule has 0 saturated carbocycles. The first-order valence-corrected chi connectivity index (χ1v) is 10.2. The maximum atomic E-state index is 6.05. The van der Waals surface area contributed by atoms with Crippen molar-refractivity contribution in [2.75, 3.05) is 0 Å². The first kappa shape index (κ1) is 16.4. The van der Waals surface area contributed by atoms with Crippen molar-refractivity contribution >= 4 is 39.0 Å². The van der Waals surface area contributed by atoms with Gasteiger partial charge in [0.1, 0.15) is 16.9 Å². The fourth-order valence-corrected chi connectivity index (χ4v) is 4.43. The smallest absolute Gasteiger partial charge is 0.248 e. The highest BCUT2D eigenvalue weighted by molar-refractivity contribution is 6.05. The van der Waals surface area contributed by atoms with Crippen LogP contribution in [-0.4, -0.2) is 18.9 Å². The lowest BCUT2D eigenvalue weighted by molar-refractivity contribution is 0.656. The van der Waals surface area contributed by atoms with E-state index in [2.05, 4.69) is 45.4 Å². The van der Waals surface area contributed by atoms with Crippen LogP contribution in [0.15, 0.2) is 102 Å². The van der Waals surface area contributed by atoms with E-state index < -0.39 is 0 Å². The van der Waals surface area contributed by atoms with Crippen molar-refractivity contribution in [3.05, 3.63) is 97.2 Å². The number of hydrogen-bond donors (Lipinski definition) is 0. The predicted octanol–water partition coefficient (Wildman–Crippen LogP) is 6.24. The molecule has 0 bridgehead atoms. The second-order valence-electron chi connectivity index (χ2n) is 7.59. The van der Waals surface area contributed by atoms with Crippen LogP contribution in [0.3, 0.4) is 0 Å². The molecule has 0 aliphatic heterocycles. The lowest BCUT2D eigenvalue weighted by Gasteiger charge is -2.06. The maximum Gasteiger partial charge on any atom is 0.248 e. The van der Waals surface area contributed by atoms with Crippen molar-refractivity contribution in [1.82, 2.24) is 18.9 Å². The van der Waals surface area contributed by atoms with Crippen LogP contribution in [0, 0.1) is 0 Å². The molecule has 31 heavy (non-hydrogen) atoms. The summed E-state index contributed by atoms with van der Waals surface area (Å²) in [6.45, 7) is 0. The van der Waals surface area contributed by atoms with Gasteiger partial charge in [0, 0.05) is 17.1 Å². The summed E-state index contributed by atoms with van der Waals surface area (Å²) in [6.07, 6.45) is 1.92. The van der Waals surface area contributed by atoms with Gasteiger partial charge in [-0.05, 0) is 42.0 Å². The van der Waals surface area contributed by atoms with Crippen LogP contribution in [-0.2, 0) is 0 Å². The average molecular weight is 400 g/mol. The topological polar surface area (TPSA) is 48.3 Å². The molecule has 3 aromatic carbocycles. The van der Waals surface area contributed by atoms with Gasteiger partial charge in [-0.25, -0.2) is 4.98 Å². The molecule has 7 aromatic rings. The van der Waals surface area contributed by atoms with Crippen molar-refractivity contribution < 1.29 is 4.42 Å². The van der Waals surface area contributed by atoms with E-state index in [1.807, 2.05) is 60.8 Å². The molecule has 0 amide bonds. The van der Waals surface area contributed by atoms with Crippen LogP contribution in [0.4, 0.5) is 0 Å². The molecule has 5 nitrogen and oxygen atoms in total. The minimum Gasteiger partial charge on any atom is -0.436 e. The minimum absolute atomic E-state index is 0.636. The molecular weight excluding hydrogens is 384 g/mol. The molecule has 0 aliphatic carbocycles. The molecule has 0 spiro atoms. The molecule has 0 atom stereocenters. The van der Waals surface area contributed by atoms with E-state index in [1.165, 1.54) is 0 Å². The van der Waals surface area contributed by atoms with Crippen LogP contribution in [0.25, 0.3) is 56.0 Å². The van der Waals surface area contributed by atoms with E-state index in [1.54, 1.807) is 0 Å². The number of benzene rings is 3. The fourth-order valence-electron chi connectivity index (χ4n) is 4.43. The Morgan fingerprint density at radius 3 is 2.29 bits per heavy atom. The molecule has 0 fully saturated rings. The van der Waals surface area contributed by atoms with Gasteiger partial charge in [0.15, 0.2) is 0 Å². The Bertz CT molecular complexity index is 1720. The van der Waals surface area contributed by atoms with Crippen molar-refractivity contribution in [2.45, 2.75) is 0 Å². The highest BCUT2D eigenvalue weighted by Gasteiger charge is 2.21. The molecule has 7 rings (SSSR count). The molecule has 0 radical (unpaired) electrons. The number of hydrogen-bond acceptors (Lipinski definition) is 3. The van der Waals surface area contributed by atoms with Crippen molar-refractivity contribution in [3.8, 4) is 16.9 Å². The summed E-state index contributed by atoms with van der Waals surface area (Å²) >= 11 is 0. The van der Waals surface area contributed by atoms with Gasteiger partial charge in [0.05, 0.1) is 11.0 Å². The van der Waals surface area contributed by atoms with Crippen LogP contribution in [0.1, 0.15) is 0 Å². The SMILES string of the molecule is c1ccc(-c2ccc(-n3c4ccccc4n4c5c(nc34)oc3ccccc35)nc2)cc1. The number of para-hydroxylation sites is 3. The third-order valence-corrected chi connectivity index (χ3v) is 5.82. The number of aromatic nitrogens is 4. The second kappa shape index (κ2) is 6.06. The highest BCUT2D eigenvalue weighted by atomic mass is 16.3. The quantitative estimate of drug-likeness (QED) is 0.345. The Hall–Kier alpha value is -4.38. The molecule has 0 N–H and O–H groups in total. The molecule has 146 valence electrons. The molecule has 0 aliphatic rings. The van der Waals surface area contributed by atoms with Gasteiger partial charge in [0.25, 0.3) is 0 Å². The average Bonchev–Trinajstić information content (AvgIpc) is 3.46. The molecule has 0 saturated heterocycles. The summed E-state index contributed by atoms with van der Waals surface area (Å²) < 4.78 is 10.3. The monoisotopic (exact) mass is 400 g/mol. The van der Waals surface area contributed by atoms with Gasteiger partial charge in [-0.3, -0.25) is 8.97 Å². The lowest BCUT2D eigenvalue weighted by atomic mass is 10.1. The number of nitrogens with zero attached hydrogens (tertiary/aromatic N) is 4. The van der Waals surface area contributed by atoms with E-state index in [0.717, 1.165) is 50.2 Å². The lowest BCUT2D eigenvalue weighted by Crippen LogP contribution is -1.98. The van der Waals surface area contributed by atoms with E-state index in [0.29, 0.717) is 5.71 Å². The first-order valence-electron chi connectivity index (χ1n) is 10.2. The van der Waals surface area contributed by atoms with E-state index in [-0.39, 0.29) is 0 Å². The Labute approximate surface area is 176 Å². The Morgan fingerprint density at radius 2 is 1.45 bits per heavy atom. The van der Waals surface area contributed by atoms with Gasteiger partial charge in [0.2, 0.25) is 11.5 Å². The second-order valence-corrected chi connectivity index (χ2v) is 7.59. The standard InChI is InChI=1S/C26H16N4O/c1-2-8-17(9-3-1)18-14-15-23(27-16-18)29-20-11-5-6-12-21(20)30-24-19-10-4-7-13-22(19)31-25(24)28-26(29)30/h1-16H. The van der Waals surface area contributed by atoms with E-state index >= 15 is 0 Å². The van der Waals surface area contributed by atoms with Crippen molar-refractivity contribution in [2.24, 2.45) is 0 Å². The molecule has 4 heterocycles. The predicted molar refractivity (Wildman–Crippen MR) is 123 cm³/mol. The van der Waals surface area contributed by atoms with Gasteiger partial charge in [-0.15, -0.1) is 0 Å². The van der Waals surface area contributed by atoms with Crippen LogP contribution < -0.4 is 0 Å². The van der Waals surface area contributed by atoms with Gasteiger partial charge in [-0.2, -0.15) is 4.98 Å². The summed E-state index contributed by atoms with van der Waals surface area (Å²) in [7, 11) is 0. The molecule has 0 unspecified atom stereocenters. The number of imidazole rings is 2. The van der Waals surface area contributed by atoms with Crippen LogP contribution in [0.2, 0.25) is 0 Å². The Kier molecular flexibility index (Phi) is 3.21. The van der Waals surface area contributed by atoms with Crippen molar-refractivity contribution in [3.63, 3.8) is 0 Å². The first-order chi connectivity index (χ1) is 15.4. The summed E-state index contributed by atoms with van der Waals surface area (Å²) in [5.41, 5.74) is 6.82. The molecule has 5 heteroatoms. The summed E-state index contributed by atoms with van der Waals surface area (Å²) in [6, 6.07) is 30.8. The number of furan rings is 1. The van der Waals surface area contributed by atoms with Gasteiger partial charge < -0.3 is 4.42 Å². The molecular formula is C26H16N4O. The third kappa shape index (κ3) is 2.25. The minimum atomic E-state index is 0.636. The van der Waals surface area contributed by atoms with Crippen LogP contribution >= 0.6 is 0 Å².